The van der Waals surface area contributed by atoms with Gasteiger partial charge in [0.25, 0.3) is 21.4 Å². The highest BCUT2D eigenvalue weighted by Crippen LogP contribution is 2.20. The first kappa shape index (κ1) is 23.5. The standard InChI is InChI=1S/C18H30N2O6S/c1-6-7-11-20(26-12-25-13(2)3)27(23,24)18(22)17(21)19-16-14(4)9-8-10-15(16)5/h8-10,13,18,22H,6-7,11-12H2,1-5H3,(H,19,21). The quantitative estimate of drug-likeness (QED) is 0.435. The Balaban J connectivity index is 2.93. The first-order valence-electron chi connectivity index (χ1n) is 8.92. The lowest BCUT2D eigenvalue weighted by atomic mass is 10.1. The molecule has 0 bridgehead atoms. The largest absolute Gasteiger partial charge is 0.368 e. The Labute approximate surface area is 161 Å². The summed E-state index contributed by atoms with van der Waals surface area (Å²) in [5.41, 5.74) is -0.303. The van der Waals surface area contributed by atoms with Crippen LogP contribution in [-0.4, -0.2) is 48.8 Å². The molecule has 0 aliphatic heterocycles. The lowest BCUT2D eigenvalue weighted by Gasteiger charge is -2.24. The Bertz CT molecular complexity index is 700. The number of aryl methyl sites for hydroxylation is 2. The van der Waals surface area contributed by atoms with Crippen molar-refractivity contribution in [2.24, 2.45) is 0 Å². The molecule has 1 rings (SSSR count). The molecule has 27 heavy (non-hydrogen) atoms. The van der Waals surface area contributed by atoms with Crippen molar-refractivity contribution in [3.8, 4) is 0 Å². The molecule has 0 aliphatic rings. The number of rotatable bonds is 11. The Morgan fingerprint density at radius 3 is 2.37 bits per heavy atom. The van der Waals surface area contributed by atoms with Gasteiger partial charge >= 0.3 is 0 Å². The Morgan fingerprint density at radius 2 is 1.85 bits per heavy atom. The van der Waals surface area contributed by atoms with E-state index in [9.17, 15) is 18.3 Å². The molecule has 0 radical (unpaired) electrons. The summed E-state index contributed by atoms with van der Waals surface area (Å²) in [6.07, 6.45) is 1.06. The molecule has 0 fully saturated rings. The summed E-state index contributed by atoms with van der Waals surface area (Å²) in [7, 11) is -4.44. The second kappa shape index (κ2) is 10.7. The zero-order valence-electron chi connectivity index (χ0n) is 16.6. The maximum atomic E-state index is 12.6. The van der Waals surface area contributed by atoms with Crippen molar-refractivity contribution in [2.75, 3.05) is 18.7 Å². The molecule has 1 amide bonds. The van der Waals surface area contributed by atoms with Crippen LogP contribution in [0.2, 0.25) is 0 Å². The number of aliphatic hydroxyl groups is 1. The van der Waals surface area contributed by atoms with Crippen molar-refractivity contribution in [2.45, 2.75) is 59.0 Å². The molecule has 1 aromatic rings. The minimum atomic E-state index is -4.44. The van der Waals surface area contributed by atoms with Gasteiger partial charge in [0.2, 0.25) is 0 Å². The Morgan fingerprint density at radius 1 is 1.26 bits per heavy atom. The SMILES string of the molecule is CCCCN(OCOC(C)C)S(=O)(=O)C(O)C(=O)Nc1c(C)cccc1C. The topological polar surface area (TPSA) is 105 Å². The highest BCUT2D eigenvalue weighted by atomic mass is 32.2. The van der Waals surface area contributed by atoms with E-state index >= 15 is 0 Å². The monoisotopic (exact) mass is 402 g/mol. The second-order valence-corrected chi connectivity index (χ2v) is 8.38. The van der Waals surface area contributed by atoms with Crippen molar-refractivity contribution in [3.05, 3.63) is 29.3 Å². The third kappa shape index (κ3) is 6.86. The summed E-state index contributed by atoms with van der Waals surface area (Å²) >= 11 is 0. The summed E-state index contributed by atoms with van der Waals surface area (Å²) in [5.74, 6) is -1.04. The normalized spacial score (nSPS) is 13.2. The molecule has 0 aliphatic carbocycles. The number of anilines is 1. The minimum absolute atomic E-state index is 0.00796. The predicted molar refractivity (Wildman–Crippen MR) is 103 cm³/mol. The number of hydrogen-bond acceptors (Lipinski definition) is 6. The summed E-state index contributed by atoms with van der Waals surface area (Å²) in [4.78, 5) is 17.5. The molecule has 0 spiro atoms. The van der Waals surface area contributed by atoms with E-state index in [-0.39, 0.29) is 19.4 Å². The first-order valence-corrected chi connectivity index (χ1v) is 10.4. The fraction of sp³-hybridized carbons (Fsp3) is 0.611. The van der Waals surface area contributed by atoms with Crippen LogP contribution in [0.5, 0.6) is 0 Å². The number of nitrogens with one attached hydrogen (secondary N) is 1. The Hall–Kier alpha value is -1.52. The number of carbonyl (C=O) groups excluding carboxylic acids is 1. The van der Waals surface area contributed by atoms with Gasteiger partial charge in [0.1, 0.15) is 0 Å². The fourth-order valence-corrected chi connectivity index (χ4v) is 3.35. The molecule has 1 atom stereocenters. The van der Waals surface area contributed by atoms with Crippen LogP contribution in [0.1, 0.15) is 44.7 Å². The molecule has 154 valence electrons. The van der Waals surface area contributed by atoms with Crippen molar-refractivity contribution >= 4 is 21.6 Å². The molecule has 9 heteroatoms. The summed E-state index contributed by atoms with van der Waals surface area (Å²) in [6.45, 7) is 8.72. The number of hydrogen-bond donors (Lipinski definition) is 2. The maximum Gasteiger partial charge on any atom is 0.272 e. The summed E-state index contributed by atoms with van der Waals surface area (Å²) in [6, 6.07) is 5.38. The van der Waals surface area contributed by atoms with Crippen LogP contribution < -0.4 is 5.32 Å². The molecule has 0 saturated heterocycles. The van der Waals surface area contributed by atoms with Crippen LogP contribution in [0.15, 0.2) is 18.2 Å². The van der Waals surface area contributed by atoms with Gasteiger partial charge in [-0.2, -0.15) is 0 Å². The number of para-hydroxylation sites is 1. The molecule has 0 aromatic heterocycles. The summed E-state index contributed by atoms with van der Waals surface area (Å²) < 4.78 is 31.1. The van der Waals surface area contributed by atoms with Crippen LogP contribution in [-0.2, 0) is 24.4 Å². The number of nitrogens with zero attached hydrogens (tertiary/aromatic N) is 1. The average Bonchev–Trinajstić information content (AvgIpc) is 2.59. The van der Waals surface area contributed by atoms with Crippen LogP contribution >= 0.6 is 0 Å². The van der Waals surface area contributed by atoms with Gasteiger partial charge in [-0.25, -0.2) is 8.42 Å². The van der Waals surface area contributed by atoms with Crippen molar-refractivity contribution in [3.63, 3.8) is 0 Å². The Kier molecular flexibility index (Phi) is 9.34. The lowest BCUT2D eigenvalue weighted by Crippen LogP contribution is -2.45. The van der Waals surface area contributed by atoms with E-state index in [1.54, 1.807) is 39.8 Å². The van der Waals surface area contributed by atoms with Crippen LogP contribution in [0.3, 0.4) is 0 Å². The van der Waals surface area contributed by atoms with Crippen LogP contribution in [0.25, 0.3) is 0 Å². The van der Waals surface area contributed by atoms with E-state index in [1.165, 1.54) is 0 Å². The number of benzene rings is 1. The molecular weight excluding hydrogens is 372 g/mol. The minimum Gasteiger partial charge on any atom is -0.368 e. The second-order valence-electron chi connectivity index (χ2n) is 6.50. The highest BCUT2D eigenvalue weighted by molar-refractivity contribution is 7.90. The van der Waals surface area contributed by atoms with Gasteiger partial charge in [-0.3, -0.25) is 9.63 Å². The maximum absolute atomic E-state index is 12.6. The average molecular weight is 403 g/mol. The number of amides is 1. The number of sulfonamides is 1. The van der Waals surface area contributed by atoms with E-state index in [2.05, 4.69) is 5.32 Å². The first-order chi connectivity index (χ1) is 12.6. The molecule has 0 saturated carbocycles. The van der Waals surface area contributed by atoms with Gasteiger partial charge in [0, 0.05) is 12.2 Å². The van der Waals surface area contributed by atoms with E-state index < -0.39 is 21.4 Å². The van der Waals surface area contributed by atoms with Crippen molar-refractivity contribution < 1.29 is 27.9 Å². The molecule has 1 unspecified atom stereocenters. The predicted octanol–water partition coefficient (Wildman–Crippen LogP) is 2.31. The third-order valence-electron chi connectivity index (χ3n) is 3.81. The van der Waals surface area contributed by atoms with Gasteiger partial charge in [-0.05, 0) is 45.2 Å². The number of aliphatic hydroxyl groups excluding tert-OH is 1. The molecule has 1 aromatic carbocycles. The smallest absolute Gasteiger partial charge is 0.272 e. The third-order valence-corrected chi connectivity index (χ3v) is 5.45. The highest BCUT2D eigenvalue weighted by Gasteiger charge is 2.37. The molecule has 8 nitrogen and oxygen atoms in total. The number of ether oxygens (including phenoxy) is 1. The molecule has 0 heterocycles. The van der Waals surface area contributed by atoms with Crippen LogP contribution in [0.4, 0.5) is 5.69 Å². The van der Waals surface area contributed by atoms with Crippen molar-refractivity contribution in [1.82, 2.24) is 4.47 Å². The zero-order valence-corrected chi connectivity index (χ0v) is 17.4. The van der Waals surface area contributed by atoms with Crippen LogP contribution in [0, 0.1) is 13.8 Å². The van der Waals surface area contributed by atoms with Gasteiger partial charge in [-0.1, -0.05) is 36.0 Å². The van der Waals surface area contributed by atoms with E-state index in [1.807, 2.05) is 13.0 Å². The van der Waals surface area contributed by atoms with Gasteiger partial charge in [0.15, 0.2) is 6.79 Å². The zero-order chi connectivity index (χ0) is 20.6. The van der Waals surface area contributed by atoms with Gasteiger partial charge < -0.3 is 15.2 Å². The van der Waals surface area contributed by atoms with Gasteiger partial charge in [-0.15, -0.1) is 0 Å². The van der Waals surface area contributed by atoms with E-state index in [0.717, 1.165) is 11.1 Å². The summed E-state index contributed by atoms with van der Waals surface area (Å²) in [5, 5.41) is 12.7. The number of unbranched alkanes of at least 4 members (excludes halogenated alkanes) is 1. The fourth-order valence-electron chi connectivity index (χ4n) is 2.22. The number of carbonyl (C=O) groups is 1. The van der Waals surface area contributed by atoms with Gasteiger partial charge in [0.05, 0.1) is 6.10 Å². The molecular formula is C18H30N2O6S. The van der Waals surface area contributed by atoms with Crippen molar-refractivity contribution in [1.29, 1.82) is 0 Å². The van der Waals surface area contributed by atoms with E-state index in [0.29, 0.717) is 23.0 Å². The molecule has 2 N–H and O–H groups in total. The van der Waals surface area contributed by atoms with E-state index in [4.69, 9.17) is 9.57 Å². The number of hydroxylamine groups is 1. The lowest BCUT2D eigenvalue weighted by molar-refractivity contribution is -0.186.